The highest BCUT2D eigenvalue weighted by molar-refractivity contribution is 8.00. The first-order valence-corrected chi connectivity index (χ1v) is 9.05. The van der Waals surface area contributed by atoms with Crippen LogP contribution in [-0.4, -0.2) is 22.9 Å². The summed E-state index contributed by atoms with van der Waals surface area (Å²) in [5, 5.41) is 2.18. The monoisotopic (exact) mass is 418 g/mol. The van der Waals surface area contributed by atoms with Crippen LogP contribution in [0.4, 0.5) is 13.2 Å². The SMILES string of the molecule is CC(Sc1ncc(C(F)(F)F)cc1Cl)C(=O)NCc1ccc2c(c1)OCO2. The molecular formula is C17H14ClF3N2O3S. The van der Waals surface area contributed by atoms with Gasteiger partial charge in [0.2, 0.25) is 12.7 Å². The summed E-state index contributed by atoms with van der Waals surface area (Å²) in [6.07, 6.45) is -3.82. The number of hydrogen-bond acceptors (Lipinski definition) is 5. The number of fused-ring (bicyclic) bond motifs is 1. The predicted octanol–water partition coefficient (Wildman–Crippen LogP) is 4.28. The quantitative estimate of drug-likeness (QED) is 0.734. The summed E-state index contributed by atoms with van der Waals surface area (Å²) in [6, 6.07) is 6.14. The molecule has 2 heterocycles. The number of nitrogens with zero attached hydrogens (tertiary/aromatic N) is 1. The highest BCUT2D eigenvalue weighted by Gasteiger charge is 2.32. The number of thioether (sulfide) groups is 1. The number of benzene rings is 1. The van der Waals surface area contributed by atoms with Crippen LogP contribution in [0.1, 0.15) is 18.1 Å². The van der Waals surface area contributed by atoms with Crippen LogP contribution < -0.4 is 14.8 Å². The van der Waals surface area contributed by atoms with Crippen LogP contribution in [0.2, 0.25) is 5.02 Å². The van der Waals surface area contributed by atoms with E-state index in [1.807, 2.05) is 0 Å². The number of nitrogens with one attached hydrogen (secondary N) is 1. The fraction of sp³-hybridized carbons (Fsp3) is 0.294. The molecule has 1 aromatic carbocycles. The van der Waals surface area contributed by atoms with Crippen molar-refractivity contribution >= 4 is 29.3 Å². The van der Waals surface area contributed by atoms with Crippen LogP contribution in [-0.2, 0) is 17.5 Å². The summed E-state index contributed by atoms with van der Waals surface area (Å²) in [5.74, 6) is 0.970. The number of carbonyl (C=O) groups excluding carboxylic acids is 1. The van der Waals surface area contributed by atoms with Gasteiger partial charge in [0, 0.05) is 12.7 Å². The summed E-state index contributed by atoms with van der Waals surface area (Å²) in [5.41, 5.74) is -0.104. The lowest BCUT2D eigenvalue weighted by Crippen LogP contribution is -2.30. The van der Waals surface area contributed by atoms with Gasteiger partial charge >= 0.3 is 6.18 Å². The van der Waals surface area contributed by atoms with Gasteiger partial charge in [0.25, 0.3) is 0 Å². The lowest BCUT2D eigenvalue weighted by molar-refractivity contribution is -0.137. The van der Waals surface area contributed by atoms with Gasteiger partial charge in [0.15, 0.2) is 11.5 Å². The van der Waals surface area contributed by atoms with Gasteiger partial charge in [-0.25, -0.2) is 4.98 Å². The van der Waals surface area contributed by atoms with Gasteiger partial charge in [0.05, 0.1) is 15.8 Å². The molecule has 0 saturated heterocycles. The van der Waals surface area contributed by atoms with E-state index < -0.39 is 17.0 Å². The lowest BCUT2D eigenvalue weighted by atomic mass is 10.2. The minimum absolute atomic E-state index is 0.148. The zero-order valence-corrected chi connectivity index (χ0v) is 15.5. The smallest absolute Gasteiger partial charge is 0.417 e. The number of hydrogen-bond donors (Lipinski definition) is 1. The van der Waals surface area contributed by atoms with E-state index in [9.17, 15) is 18.0 Å². The third kappa shape index (κ3) is 4.78. The average Bonchev–Trinajstić information content (AvgIpc) is 3.08. The van der Waals surface area contributed by atoms with E-state index in [0.29, 0.717) is 17.7 Å². The molecule has 1 N–H and O–H groups in total. The number of amides is 1. The van der Waals surface area contributed by atoms with Crippen molar-refractivity contribution in [2.45, 2.75) is 29.9 Å². The molecule has 1 unspecified atom stereocenters. The van der Waals surface area contributed by atoms with E-state index in [1.165, 1.54) is 0 Å². The van der Waals surface area contributed by atoms with Crippen LogP contribution >= 0.6 is 23.4 Å². The average molecular weight is 419 g/mol. The number of aromatic nitrogens is 1. The molecule has 144 valence electrons. The van der Waals surface area contributed by atoms with Crippen molar-refractivity contribution in [1.82, 2.24) is 10.3 Å². The largest absolute Gasteiger partial charge is 0.454 e. The maximum absolute atomic E-state index is 12.6. The van der Waals surface area contributed by atoms with Gasteiger partial charge in [0.1, 0.15) is 5.03 Å². The van der Waals surface area contributed by atoms with Crippen LogP contribution in [0, 0.1) is 0 Å². The minimum atomic E-state index is -4.52. The molecule has 0 spiro atoms. The third-order valence-electron chi connectivity index (χ3n) is 3.70. The van der Waals surface area contributed by atoms with Crippen molar-refractivity contribution in [2.75, 3.05) is 6.79 Å². The van der Waals surface area contributed by atoms with Crippen molar-refractivity contribution in [2.24, 2.45) is 0 Å². The molecule has 2 aromatic rings. The second-order valence-electron chi connectivity index (χ2n) is 5.67. The normalized spacial score (nSPS) is 14.1. The topological polar surface area (TPSA) is 60.5 Å². The number of rotatable bonds is 5. The van der Waals surface area contributed by atoms with Gasteiger partial charge in [-0.3, -0.25) is 4.79 Å². The van der Waals surface area contributed by atoms with E-state index in [2.05, 4.69) is 10.3 Å². The molecule has 0 fully saturated rings. The lowest BCUT2D eigenvalue weighted by Gasteiger charge is -2.13. The Hall–Kier alpha value is -2.13. The Morgan fingerprint density at radius 1 is 1.33 bits per heavy atom. The Labute approximate surface area is 162 Å². The van der Waals surface area contributed by atoms with E-state index in [1.54, 1.807) is 25.1 Å². The molecule has 0 saturated carbocycles. The Balaban J connectivity index is 1.58. The molecule has 0 radical (unpaired) electrons. The second kappa shape index (κ2) is 7.85. The van der Waals surface area contributed by atoms with Gasteiger partial charge in [-0.1, -0.05) is 29.4 Å². The molecule has 5 nitrogen and oxygen atoms in total. The Morgan fingerprint density at radius 3 is 2.78 bits per heavy atom. The Morgan fingerprint density at radius 2 is 2.07 bits per heavy atom. The predicted molar refractivity (Wildman–Crippen MR) is 94.0 cm³/mol. The molecule has 0 bridgehead atoms. The molecule has 1 amide bonds. The minimum Gasteiger partial charge on any atom is -0.454 e. The fourth-order valence-electron chi connectivity index (χ4n) is 2.27. The Kier molecular flexibility index (Phi) is 5.71. The molecule has 0 aliphatic carbocycles. The van der Waals surface area contributed by atoms with Crippen molar-refractivity contribution in [3.63, 3.8) is 0 Å². The van der Waals surface area contributed by atoms with Crippen LogP contribution in [0.15, 0.2) is 35.5 Å². The second-order valence-corrected chi connectivity index (χ2v) is 7.41. The van der Waals surface area contributed by atoms with Crippen molar-refractivity contribution in [3.8, 4) is 11.5 Å². The van der Waals surface area contributed by atoms with E-state index in [0.717, 1.165) is 23.4 Å². The van der Waals surface area contributed by atoms with Crippen molar-refractivity contribution < 1.29 is 27.4 Å². The van der Waals surface area contributed by atoms with E-state index in [4.69, 9.17) is 21.1 Å². The van der Waals surface area contributed by atoms with Crippen molar-refractivity contribution in [3.05, 3.63) is 46.6 Å². The zero-order valence-electron chi connectivity index (χ0n) is 14.0. The molecule has 1 aliphatic heterocycles. The summed E-state index contributed by atoms with van der Waals surface area (Å²) in [7, 11) is 0. The van der Waals surface area contributed by atoms with Crippen LogP contribution in [0.25, 0.3) is 0 Å². The summed E-state index contributed by atoms with van der Waals surface area (Å²) < 4.78 is 48.4. The first kappa shape index (κ1) is 19.6. The fourth-order valence-corrected chi connectivity index (χ4v) is 3.38. The standard InChI is InChI=1S/C17H14ClF3N2O3S/c1-9(27-16-12(18)5-11(7-23-16)17(19,20)21)15(24)22-6-10-2-3-13-14(4-10)26-8-25-13/h2-5,7,9H,6,8H2,1H3,(H,22,24). The maximum Gasteiger partial charge on any atom is 0.417 e. The highest BCUT2D eigenvalue weighted by Crippen LogP contribution is 2.35. The summed E-state index contributed by atoms with van der Waals surface area (Å²) in [4.78, 5) is 16.0. The number of ether oxygens (including phenoxy) is 2. The zero-order chi connectivity index (χ0) is 19.6. The number of pyridine rings is 1. The molecule has 1 aliphatic rings. The first-order valence-electron chi connectivity index (χ1n) is 7.79. The molecule has 1 atom stereocenters. The van der Waals surface area contributed by atoms with Crippen LogP contribution in [0.5, 0.6) is 11.5 Å². The highest BCUT2D eigenvalue weighted by atomic mass is 35.5. The third-order valence-corrected chi connectivity index (χ3v) is 5.21. The molecule has 27 heavy (non-hydrogen) atoms. The molecule has 1 aromatic heterocycles. The van der Waals surface area contributed by atoms with Crippen molar-refractivity contribution in [1.29, 1.82) is 0 Å². The first-order chi connectivity index (χ1) is 12.7. The molecular weight excluding hydrogens is 405 g/mol. The number of alkyl halides is 3. The molecule has 10 heteroatoms. The van der Waals surface area contributed by atoms with E-state index >= 15 is 0 Å². The maximum atomic E-state index is 12.6. The molecule has 3 rings (SSSR count). The summed E-state index contributed by atoms with van der Waals surface area (Å²) >= 11 is 6.86. The number of halogens is 4. The van der Waals surface area contributed by atoms with E-state index in [-0.39, 0.29) is 29.3 Å². The van der Waals surface area contributed by atoms with Gasteiger partial charge in [-0.05, 0) is 30.7 Å². The van der Waals surface area contributed by atoms with Gasteiger partial charge < -0.3 is 14.8 Å². The van der Waals surface area contributed by atoms with Gasteiger partial charge in [-0.2, -0.15) is 13.2 Å². The number of carbonyl (C=O) groups is 1. The Bertz CT molecular complexity index is 864. The van der Waals surface area contributed by atoms with Crippen LogP contribution in [0.3, 0.4) is 0 Å². The summed E-state index contributed by atoms with van der Waals surface area (Å²) in [6.45, 7) is 2.06. The van der Waals surface area contributed by atoms with Gasteiger partial charge in [-0.15, -0.1) is 0 Å².